The number of hydrogen-bond acceptors (Lipinski definition) is 3. The molecule has 0 aliphatic rings. The van der Waals surface area contributed by atoms with E-state index in [2.05, 4.69) is 40.8 Å². The molecule has 0 aliphatic heterocycles. The van der Waals surface area contributed by atoms with Gasteiger partial charge < -0.3 is 4.43 Å². The molecule has 4 nitrogen and oxygen atoms in total. The molecular weight excluding hydrogens is 290 g/mol. The summed E-state index contributed by atoms with van der Waals surface area (Å²) in [6.07, 6.45) is 3.93. The van der Waals surface area contributed by atoms with Crippen molar-refractivity contribution in [3.8, 4) is 0 Å². The van der Waals surface area contributed by atoms with Gasteiger partial charge in [-0.15, -0.1) is 0 Å². The lowest BCUT2D eigenvalue weighted by Gasteiger charge is -2.36. The van der Waals surface area contributed by atoms with Crippen LogP contribution >= 0.6 is 0 Å². The Labute approximate surface area is 126 Å². The SMILES string of the molecule is CCCCC(CCCO[Si](C)(C)C(C)(C)C)S(N)(=O)=O. The maximum absolute atomic E-state index is 11.5. The average Bonchev–Trinajstić information content (AvgIpc) is 2.24. The van der Waals surface area contributed by atoms with Crippen LogP contribution in [0.15, 0.2) is 0 Å². The minimum absolute atomic E-state index is 0.189. The molecule has 0 amide bonds. The van der Waals surface area contributed by atoms with Gasteiger partial charge in [0.25, 0.3) is 0 Å². The van der Waals surface area contributed by atoms with Gasteiger partial charge >= 0.3 is 0 Å². The van der Waals surface area contributed by atoms with Crippen LogP contribution in [0, 0.1) is 0 Å². The summed E-state index contributed by atoms with van der Waals surface area (Å²) in [6.45, 7) is 13.7. The van der Waals surface area contributed by atoms with Crippen LogP contribution in [-0.2, 0) is 14.4 Å². The van der Waals surface area contributed by atoms with Gasteiger partial charge in [-0.25, -0.2) is 13.6 Å². The van der Waals surface area contributed by atoms with Crippen molar-refractivity contribution in [1.29, 1.82) is 0 Å². The van der Waals surface area contributed by atoms with Crippen LogP contribution in [-0.4, -0.2) is 28.6 Å². The Morgan fingerprint density at radius 2 is 1.65 bits per heavy atom. The second kappa shape index (κ2) is 7.92. The van der Waals surface area contributed by atoms with Gasteiger partial charge in [-0.3, -0.25) is 0 Å². The van der Waals surface area contributed by atoms with E-state index in [0.29, 0.717) is 19.4 Å². The third kappa shape index (κ3) is 7.20. The summed E-state index contributed by atoms with van der Waals surface area (Å²) in [7, 11) is -5.15. The zero-order chi connectivity index (χ0) is 16.0. The van der Waals surface area contributed by atoms with Gasteiger partial charge in [0.1, 0.15) is 0 Å². The molecule has 0 saturated carbocycles. The molecule has 1 atom stereocenters. The summed E-state index contributed by atoms with van der Waals surface area (Å²) < 4.78 is 29.1. The van der Waals surface area contributed by atoms with Crippen molar-refractivity contribution >= 4 is 18.3 Å². The summed E-state index contributed by atoms with van der Waals surface area (Å²) >= 11 is 0. The van der Waals surface area contributed by atoms with Crippen molar-refractivity contribution in [2.45, 2.75) is 83.2 Å². The average molecular weight is 324 g/mol. The number of primary sulfonamides is 1. The van der Waals surface area contributed by atoms with Gasteiger partial charge in [0, 0.05) is 6.61 Å². The third-order valence-corrected chi connectivity index (χ3v) is 10.2. The van der Waals surface area contributed by atoms with Crippen LogP contribution in [0.3, 0.4) is 0 Å². The van der Waals surface area contributed by atoms with Gasteiger partial charge in [0.05, 0.1) is 5.25 Å². The molecule has 0 fully saturated rings. The van der Waals surface area contributed by atoms with Gasteiger partial charge in [0.15, 0.2) is 8.32 Å². The van der Waals surface area contributed by atoms with Crippen LogP contribution in [0.1, 0.15) is 59.8 Å². The Hall–Kier alpha value is 0.0869. The second-order valence-electron chi connectivity index (χ2n) is 7.10. The first kappa shape index (κ1) is 20.1. The molecule has 0 rings (SSSR count). The first-order valence-electron chi connectivity index (χ1n) is 7.57. The Morgan fingerprint density at radius 1 is 1.15 bits per heavy atom. The number of unbranched alkanes of at least 4 members (excludes halogenated alkanes) is 1. The lowest BCUT2D eigenvalue weighted by molar-refractivity contribution is 0.277. The van der Waals surface area contributed by atoms with E-state index in [-0.39, 0.29) is 5.04 Å². The molecule has 0 aliphatic carbocycles. The Bertz CT molecular complexity index is 374. The van der Waals surface area contributed by atoms with Crippen molar-refractivity contribution in [2.24, 2.45) is 5.14 Å². The van der Waals surface area contributed by atoms with Crippen LogP contribution in [0.2, 0.25) is 18.1 Å². The summed E-state index contributed by atoms with van der Waals surface area (Å²) in [5, 5.41) is 5.08. The molecule has 0 radical (unpaired) electrons. The molecule has 0 aromatic rings. The highest BCUT2D eigenvalue weighted by Crippen LogP contribution is 2.36. The number of sulfonamides is 1. The standard InChI is InChI=1S/C14H33NO3SSi/c1-7-8-10-13(19(15,16)17)11-9-12-18-20(5,6)14(2,3)4/h13H,7-12H2,1-6H3,(H2,15,16,17). The highest BCUT2D eigenvalue weighted by molar-refractivity contribution is 7.89. The molecule has 0 aromatic heterocycles. The lowest BCUT2D eigenvalue weighted by atomic mass is 10.1. The van der Waals surface area contributed by atoms with Crippen molar-refractivity contribution in [3.63, 3.8) is 0 Å². The first-order valence-corrected chi connectivity index (χ1v) is 12.1. The predicted octanol–water partition coefficient (Wildman–Crippen LogP) is 3.64. The first-order chi connectivity index (χ1) is 8.92. The van der Waals surface area contributed by atoms with Crippen LogP contribution < -0.4 is 5.14 Å². The number of rotatable bonds is 9. The highest BCUT2D eigenvalue weighted by Gasteiger charge is 2.36. The molecule has 0 aromatic carbocycles. The Morgan fingerprint density at radius 3 is 2.05 bits per heavy atom. The van der Waals surface area contributed by atoms with Crippen molar-refractivity contribution in [1.82, 2.24) is 0 Å². The topological polar surface area (TPSA) is 69.4 Å². The van der Waals surface area contributed by atoms with Crippen LogP contribution in [0.25, 0.3) is 0 Å². The molecule has 6 heteroatoms. The predicted molar refractivity (Wildman–Crippen MR) is 88.8 cm³/mol. The minimum Gasteiger partial charge on any atom is -0.417 e. The van der Waals surface area contributed by atoms with Crippen molar-refractivity contribution < 1.29 is 12.8 Å². The van der Waals surface area contributed by atoms with E-state index in [4.69, 9.17) is 9.56 Å². The summed E-state index contributed by atoms with van der Waals surface area (Å²) in [5.41, 5.74) is 0. The van der Waals surface area contributed by atoms with Gasteiger partial charge in [0.2, 0.25) is 10.0 Å². The molecule has 2 N–H and O–H groups in total. The number of nitrogens with two attached hydrogens (primary N) is 1. The molecule has 0 heterocycles. The molecule has 0 bridgehead atoms. The Kier molecular flexibility index (Phi) is 7.95. The van der Waals surface area contributed by atoms with Gasteiger partial charge in [-0.05, 0) is 37.4 Å². The van der Waals surface area contributed by atoms with Crippen molar-refractivity contribution in [2.75, 3.05) is 6.61 Å². The van der Waals surface area contributed by atoms with E-state index in [1.165, 1.54) is 0 Å². The van der Waals surface area contributed by atoms with Crippen LogP contribution in [0.5, 0.6) is 0 Å². The maximum Gasteiger partial charge on any atom is 0.211 e. The van der Waals surface area contributed by atoms with Crippen molar-refractivity contribution in [3.05, 3.63) is 0 Å². The fraction of sp³-hybridized carbons (Fsp3) is 1.00. The molecule has 0 spiro atoms. The quantitative estimate of drug-likeness (QED) is 0.520. The van der Waals surface area contributed by atoms with Gasteiger partial charge in [-0.1, -0.05) is 40.5 Å². The zero-order valence-corrected chi connectivity index (χ0v) is 15.8. The van der Waals surface area contributed by atoms with E-state index in [9.17, 15) is 8.42 Å². The summed E-state index contributed by atoms with van der Waals surface area (Å²) in [5.74, 6) is 0. The van der Waals surface area contributed by atoms with Crippen LogP contribution in [0.4, 0.5) is 0 Å². The molecule has 20 heavy (non-hydrogen) atoms. The lowest BCUT2D eigenvalue weighted by Crippen LogP contribution is -2.41. The second-order valence-corrected chi connectivity index (χ2v) is 13.8. The smallest absolute Gasteiger partial charge is 0.211 e. The molecule has 1 unspecified atom stereocenters. The number of hydrogen-bond donors (Lipinski definition) is 1. The molecule has 122 valence electrons. The normalized spacial score (nSPS) is 15.3. The van der Waals surface area contributed by atoms with Gasteiger partial charge in [-0.2, -0.15) is 0 Å². The van der Waals surface area contributed by atoms with E-state index in [1.54, 1.807) is 0 Å². The summed E-state index contributed by atoms with van der Waals surface area (Å²) in [6, 6.07) is 0. The third-order valence-electron chi connectivity index (χ3n) is 4.28. The highest BCUT2D eigenvalue weighted by atomic mass is 32.2. The molecular formula is C14H33NO3SSi. The van der Waals surface area contributed by atoms with E-state index < -0.39 is 23.6 Å². The maximum atomic E-state index is 11.5. The largest absolute Gasteiger partial charge is 0.417 e. The Balaban J connectivity index is 4.26. The fourth-order valence-corrected chi connectivity index (χ4v) is 3.84. The van der Waals surface area contributed by atoms with E-state index in [1.807, 2.05) is 0 Å². The minimum atomic E-state index is -3.43. The zero-order valence-electron chi connectivity index (χ0n) is 14.0. The van der Waals surface area contributed by atoms with E-state index in [0.717, 1.165) is 19.3 Å². The monoisotopic (exact) mass is 323 g/mol. The summed E-state index contributed by atoms with van der Waals surface area (Å²) in [4.78, 5) is 0. The molecule has 0 saturated heterocycles. The van der Waals surface area contributed by atoms with E-state index >= 15 is 0 Å². The fourth-order valence-electron chi connectivity index (χ4n) is 1.76.